The molecule has 1 heterocycles. The summed E-state index contributed by atoms with van der Waals surface area (Å²) >= 11 is 1.03. The van der Waals surface area contributed by atoms with Gasteiger partial charge in [-0.25, -0.2) is 0 Å². The summed E-state index contributed by atoms with van der Waals surface area (Å²) in [4.78, 5) is 22.7. The minimum Gasteiger partial charge on any atom is -0.497 e. The second-order valence-electron chi connectivity index (χ2n) is 3.86. The Hall–Kier alpha value is -2.47. The fourth-order valence-electron chi connectivity index (χ4n) is 1.54. The molecule has 0 unspecified atom stereocenters. The van der Waals surface area contributed by atoms with Gasteiger partial charge in [-0.15, -0.1) is 0 Å². The zero-order chi connectivity index (χ0) is 14.5. The molecule has 20 heavy (non-hydrogen) atoms. The minimum atomic E-state index is -0.451. The second kappa shape index (κ2) is 6.12. The summed E-state index contributed by atoms with van der Waals surface area (Å²) in [5, 5.41) is 10.6. The number of ether oxygens (including phenoxy) is 1. The maximum absolute atomic E-state index is 11.9. The predicted molar refractivity (Wildman–Crippen MR) is 77.3 cm³/mol. The number of hydrogen-bond acceptors (Lipinski definition) is 5. The van der Waals surface area contributed by atoms with Gasteiger partial charge >= 0.3 is 5.00 Å². The van der Waals surface area contributed by atoms with Crippen molar-refractivity contribution >= 4 is 28.2 Å². The molecule has 0 aliphatic carbocycles. The number of methoxy groups -OCH3 is 1. The number of allylic oxidation sites excluding steroid dienone is 1. The van der Waals surface area contributed by atoms with Gasteiger partial charge in [-0.1, -0.05) is 11.3 Å². The summed E-state index contributed by atoms with van der Waals surface area (Å²) in [7, 11) is 1.56. The largest absolute Gasteiger partial charge is 0.497 e. The Balaban J connectivity index is 2.09. The topological polar surface area (TPSA) is 69.4 Å². The van der Waals surface area contributed by atoms with Crippen LogP contribution in [0.1, 0.15) is 15.2 Å². The number of nitro groups is 1. The molecule has 1 aromatic carbocycles. The van der Waals surface area contributed by atoms with Gasteiger partial charge in [0, 0.05) is 16.5 Å². The van der Waals surface area contributed by atoms with Crippen molar-refractivity contribution in [2.75, 3.05) is 7.11 Å². The highest BCUT2D eigenvalue weighted by Gasteiger charge is 2.08. The molecule has 0 amide bonds. The van der Waals surface area contributed by atoms with Crippen molar-refractivity contribution in [2.45, 2.75) is 0 Å². The summed E-state index contributed by atoms with van der Waals surface area (Å²) in [5.74, 6) is 0.517. The van der Waals surface area contributed by atoms with Crippen LogP contribution in [0.3, 0.4) is 0 Å². The van der Waals surface area contributed by atoms with Crippen LogP contribution in [0.2, 0.25) is 0 Å². The minimum absolute atomic E-state index is 0.0570. The summed E-state index contributed by atoms with van der Waals surface area (Å²) in [6, 6.07) is 9.78. The number of carbonyl (C=O) groups is 1. The number of rotatable bonds is 5. The van der Waals surface area contributed by atoms with Gasteiger partial charge in [0.25, 0.3) is 0 Å². The highest BCUT2D eigenvalue weighted by molar-refractivity contribution is 7.16. The Morgan fingerprint density at radius 1 is 1.25 bits per heavy atom. The molecule has 2 rings (SSSR count). The number of hydrogen-bond donors (Lipinski definition) is 0. The first kappa shape index (κ1) is 14.0. The fourth-order valence-corrected chi connectivity index (χ4v) is 2.26. The van der Waals surface area contributed by atoms with Crippen LogP contribution < -0.4 is 4.74 Å². The van der Waals surface area contributed by atoms with Gasteiger partial charge in [0.05, 0.1) is 12.0 Å². The van der Waals surface area contributed by atoms with Crippen LogP contribution in [0.4, 0.5) is 5.00 Å². The molecule has 0 aliphatic rings. The van der Waals surface area contributed by atoms with E-state index in [-0.39, 0.29) is 10.8 Å². The summed E-state index contributed by atoms with van der Waals surface area (Å²) < 4.78 is 5.01. The molecule has 0 N–H and O–H groups in total. The van der Waals surface area contributed by atoms with Crippen LogP contribution in [0.25, 0.3) is 6.08 Å². The third-order valence-electron chi connectivity index (χ3n) is 2.57. The fraction of sp³-hybridized carbons (Fsp3) is 0.0714. The summed E-state index contributed by atoms with van der Waals surface area (Å²) in [5.41, 5.74) is 0.535. The molecule has 0 saturated carbocycles. The van der Waals surface area contributed by atoms with Gasteiger partial charge in [0.1, 0.15) is 5.75 Å². The maximum atomic E-state index is 11.9. The highest BCUT2D eigenvalue weighted by atomic mass is 32.1. The lowest BCUT2D eigenvalue weighted by molar-refractivity contribution is -0.380. The van der Waals surface area contributed by atoms with Crippen molar-refractivity contribution in [2.24, 2.45) is 0 Å². The molecule has 0 bridgehead atoms. The first-order valence-corrected chi connectivity index (χ1v) is 6.52. The monoisotopic (exact) mass is 289 g/mol. The van der Waals surface area contributed by atoms with E-state index in [0.29, 0.717) is 16.2 Å². The average Bonchev–Trinajstić information content (AvgIpc) is 2.94. The molecule has 0 radical (unpaired) electrons. The van der Waals surface area contributed by atoms with Gasteiger partial charge in [0.15, 0.2) is 5.78 Å². The lowest BCUT2D eigenvalue weighted by atomic mass is 10.1. The van der Waals surface area contributed by atoms with Gasteiger partial charge in [-0.05, 0) is 42.5 Å². The average molecular weight is 289 g/mol. The molecule has 2 aromatic rings. The number of ketones is 1. The molecule has 5 nitrogen and oxygen atoms in total. The smallest absolute Gasteiger partial charge is 0.324 e. The van der Waals surface area contributed by atoms with Crippen LogP contribution in [-0.4, -0.2) is 17.8 Å². The summed E-state index contributed by atoms with van der Waals surface area (Å²) in [6.45, 7) is 0. The quantitative estimate of drug-likeness (QED) is 0.365. The van der Waals surface area contributed by atoms with Crippen LogP contribution in [0.5, 0.6) is 5.75 Å². The van der Waals surface area contributed by atoms with Crippen molar-refractivity contribution in [1.29, 1.82) is 0 Å². The predicted octanol–water partition coefficient (Wildman–Crippen LogP) is 3.56. The van der Waals surface area contributed by atoms with E-state index in [2.05, 4.69) is 0 Å². The molecule has 6 heteroatoms. The molecule has 0 spiro atoms. The molecule has 102 valence electrons. The Morgan fingerprint density at radius 2 is 1.95 bits per heavy atom. The number of benzene rings is 1. The molecule has 0 saturated heterocycles. The van der Waals surface area contributed by atoms with E-state index in [0.717, 1.165) is 11.3 Å². The number of carbonyl (C=O) groups excluding carboxylic acids is 1. The second-order valence-corrected chi connectivity index (χ2v) is 4.95. The Labute approximate surface area is 119 Å². The van der Waals surface area contributed by atoms with Crippen LogP contribution in [0, 0.1) is 10.1 Å². The lowest BCUT2D eigenvalue weighted by Crippen LogP contribution is -1.93. The highest BCUT2D eigenvalue weighted by Crippen LogP contribution is 2.25. The summed E-state index contributed by atoms with van der Waals surface area (Å²) in [6.07, 6.45) is 2.97. The van der Waals surface area contributed by atoms with Gasteiger partial charge in [-0.3, -0.25) is 14.9 Å². The Bertz CT molecular complexity index is 658. The van der Waals surface area contributed by atoms with Gasteiger partial charge < -0.3 is 4.74 Å². The van der Waals surface area contributed by atoms with Crippen LogP contribution in [0.15, 0.2) is 42.5 Å². The molecule has 0 atom stereocenters. The van der Waals surface area contributed by atoms with E-state index < -0.39 is 4.92 Å². The lowest BCUT2D eigenvalue weighted by Gasteiger charge is -1.99. The molecular weight excluding hydrogens is 278 g/mol. The standard InChI is InChI=1S/C14H11NO4S/c1-19-11-4-2-10(3-5-11)13(16)8-6-12-7-9-14(20-12)15(17)18/h2-9H,1H3. The number of thiophene rings is 1. The van der Waals surface area contributed by atoms with Crippen LogP contribution in [-0.2, 0) is 0 Å². The third-order valence-corrected chi connectivity index (χ3v) is 3.57. The zero-order valence-electron chi connectivity index (χ0n) is 10.6. The Morgan fingerprint density at radius 3 is 2.50 bits per heavy atom. The molecule has 0 fully saturated rings. The van der Waals surface area contributed by atoms with E-state index in [1.165, 1.54) is 12.1 Å². The van der Waals surface area contributed by atoms with E-state index >= 15 is 0 Å². The van der Waals surface area contributed by atoms with Gasteiger partial charge in [0.2, 0.25) is 0 Å². The first-order chi connectivity index (χ1) is 9.60. The van der Waals surface area contributed by atoms with Crippen molar-refractivity contribution in [3.8, 4) is 5.75 Å². The van der Waals surface area contributed by atoms with Crippen molar-refractivity contribution in [1.82, 2.24) is 0 Å². The van der Waals surface area contributed by atoms with Crippen molar-refractivity contribution in [3.63, 3.8) is 0 Å². The molecular formula is C14H11NO4S. The maximum Gasteiger partial charge on any atom is 0.324 e. The van der Waals surface area contributed by atoms with Gasteiger partial charge in [-0.2, -0.15) is 0 Å². The molecule has 0 aliphatic heterocycles. The third kappa shape index (κ3) is 3.30. The van der Waals surface area contributed by atoms with E-state index in [1.807, 2.05) is 0 Å². The number of nitrogens with zero attached hydrogens (tertiary/aromatic N) is 1. The van der Waals surface area contributed by atoms with Crippen molar-refractivity contribution < 1.29 is 14.5 Å². The Kier molecular flexibility index (Phi) is 4.27. The van der Waals surface area contributed by atoms with Crippen LogP contribution >= 0.6 is 11.3 Å². The van der Waals surface area contributed by atoms with E-state index in [9.17, 15) is 14.9 Å². The van der Waals surface area contributed by atoms with E-state index in [1.54, 1.807) is 43.5 Å². The SMILES string of the molecule is COc1ccc(C(=O)C=Cc2ccc([N+](=O)[O-])s2)cc1. The first-order valence-electron chi connectivity index (χ1n) is 5.71. The van der Waals surface area contributed by atoms with Crippen molar-refractivity contribution in [3.05, 3.63) is 63.0 Å². The normalized spacial score (nSPS) is 10.7. The zero-order valence-corrected chi connectivity index (χ0v) is 11.4. The molecule has 1 aromatic heterocycles. The van der Waals surface area contributed by atoms with E-state index in [4.69, 9.17) is 4.74 Å².